The van der Waals surface area contributed by atoms with Gasteiger partial charge in [-0.05, 0) is 19.4 Å². The second kappa shape index (κ2) is 9.90. The van der Waals surface area contributed by atoms with Crippen molar-refractivity contribution in [2.75, 3.05) is 11.9 Å². The average molecular weight is 410 g/mol. The van der Waals surface area contributed by atoms with Crippen LogP contribution in [0.3, 0.4) is 0 Å². The summed E-state index contributed by atoms with van der Waals surface area (Å²) in [4.78, 5) is 24.3. The lowest BCUT2D eigenvalue weighted by molar-refractivity contribution is -0.129. The standard InChI is InChI=1S/C21H22N4O3S/c1-14-8-10-17(11-9-14)20-24-25-21(29-20)23-19(27)15(2)22-18(26)13-28-12-16-6-4-3-5-7-16/h3-11,15H,12-13H2,1-2H3,(H,22,26)(H,23,25,27)/t15-/m1/s1. The first-order valence-electron chi connectivity index (χ1n) is 9.13. The molecule has 1 aromatic heterocycles. The number of hydrogen-bond donors (Lipinski definition) is 2. The van der Waals surface area contributed by atoms with Crippen molar-refractivity contribution in [2.24, 2.45) is 0 Å². The molecule has 2 N–H and O–H groups in total. The van der Waals surface area contributed by atoms with E-state index in [9.17, 15) is 9.59 Å². The minimum atomic E-state index is -0.727. The van der Waals surface area contributed by atoms with Crippen LogP contribution >= 0.6 is 11.3 Å². The Hall–Kier alpha value is -3.10. The van der Waals surface area contributed by atoms with Gasteiger partial charge in [-0.25, -0.2) is 0 Å². The van der Waals surface area contributed by atoms with Crippen LogP contribution in [0.15, 0.2) is 54.6 Å². The fraction of sp³-hybridized carbons (Fsp3) is 0.238. The molecule has 0 aliphatic carbocycles. The number of carbonyl (C=O) groups is 2. The summed E-state index contributed by atoms with van der Waals surface area (Å²) in [7, 11) is 0. The molecule has 3 rings (SSSR count). The lowest BCUT2D eigenvalue weighted by atomic mass is 10.2. The molecule has 0 unspecified atom stereocenters. The van der Waals surface area contributed by atoms with Crippen molar-refractivity contribution in [3.05, 3.63) is 65.7 Å². The van der Waals surface area contributed by atoms with E-state index >= 15 is 0 Å². The maximum Gasteiger partial charge on any atom is 0.248 e. The SMILES string of the molecule is Cc1ccc(-c2nnc(NC(=O)[C@@H](C)NC(=O)COCc3ccccc3)s2)cc1. The average Bonchev–Trinajstić information content (AvgIpc) is 3.17. The van der Waals surface area contributed by atoms with Gasteiger partial charge >= 0.3 is 0 Å². The molecule has 0 saturated carbocycles. The molecule has 0 saturated heterocycles. The number of nitrogens with zero attached hydrogens (tertiary/aromatic N) is 2. The van der Waals surface area contributed by atoms with Crippen LogP contribution in [-0.4, -0.2) is 34.7 Å². The third-order valence-electron chi connectivity index (χ3n) is 4.07. The van der Waals surface area contributed by atoms with E-state index in [1.54, 1.807) is 6.92 Å². The number of nitrogens with one attached hydrogen (secondary N) is 2. The van der Waals surface area contributed by atoms with E-state index in [0.29, 0.717) is 16.7 Å². The molecule has 150 valence electrons. The molecule has 0 spiro atoms. The molecule has 0 aliphatic rings. The number of hydrogen-bond acceptors (Lipinski definition) is 6. The molecule has 0 aliphatic heterocycles. The highest BCUT2D eigenvalue weighted by Gasteiger charge is 2.18. The lowest BCUT2D eigenvalue weighted by Gasteiger charge is -2.13. The Labute approximate surface area is 173 Å². The Morgan fingerprint density at radius 2 is 1.79 bits per heavy atom. The highest BCUT2D eigenvalue weighted by molar-refractivity contribution is 7.18. The smallest absolute Gasteiger partial charge is 0.248 e. The molecular formula is C21H22N4O3S. The molecule has 0 bridgehead atoms. The Morgan fingerprint density at radius 1 is 1.07 bits per heavy atom. The molecule has 7 nitrogen and oxygen atoms in total. The maximum absolute atomic E-state index is 12.3. The number of aromatic nitrogens is 2. The van der Waals surface area contributed by atoms with Gasteiger partial charge in [-0.2, -0.15) is 0 Å². The third kappa shape index (κ3) is 6.20. The summed E-state index contributed by atoms with van der Waals surface area (Å²) < 4.78 is 5.38. The third-order valence-corrected chi connectivity index (χ3v) is 4.96. The zero-order valence-electron chi connectivity index (χ0n) is 16.2. The largest absolute Gasteiger partial charge is 0.367 e. The van der Waals surface area contributed by atoms with Gasteiger partial charge in [-0.1, -0.05) is 71.5 Å². The Balaban J connectivity index is 1.45. The molecule has 2 amide bonds. The normalized spacial score (nSPS) is 11.7. The summed E-state index contributed by atoms with van der Waals surface area (Å²) in [6.07, 6.45) is 0. The van der Waals surface area contributed by atoms with Crippen molar-refractivity contribution in [2.45, 2.75) is 26.5 Å². The molecule has 2 aromatic carbocycles. The van der Waals surface area contributed by atoms with E-state index in [0.717, 1.165) is 16.7 Å². The number of carbonyl (C=O) groups excluding carboxylic acids is 2. The summed E-state index contributed by atoms with van der Waals surface area (Å²) in [5.41, 5.74) is 3.07. The molecule has 0 fully saturated rings. The molecule has 29 heavy (non-hydrogen) atoms. The van der Waals surface area contributed by atoms with Gasteiger partial charge in [0.25, 0.3) is 0 Å². The lowest BCUT2D eigenvalue weighted by Crippen LogP contribution is -2.43. The summed E-state index contributed by atoms with van der Waals surface area (Å²) in [6.45, 7) is 3.83. The molecule has 1 atom stereocenters. The minimum absolute atomic E-state index is 0.122. The van der Waals surface area contributed by atoms with Gasteiger partial charge in [0.15, 0.2) is 0 Å². The van der Waals surface area contributed by atoms with Crippen molar-refractivity contribution < 1.29 is 14.3 Å². The van der Waals surface area contributed by atoms with Crippen molar-refractivity contribution >= 4 is 28.3 Å². The number of ether oxygens (including phenoxy) is 1. The zero-order chi connectivity index (χ0) is 20.6. The van der Waals surface area contributed by atoms with Gasteiger partial charge in [0, 0.05) is 5.56 Å². The van der Waals surface area contributed by atoms with E-state index < -0.39 is 6.04 Å². The minimum Gasteiger partial charge on any atom is -0.367 e. The number of aryl methyl sites for hydroxylation is 1. The van der Waals surface area contributed by atoms with Crippen LogP contribution in [0.5, 0.6) is 0 Å². The second-order valence-corrected chi connectivity index (χ2v) is 7.51. The van der Waals surface area contributed by atoms with Crippen LogP contribution in [0.4, 0.5) is 5.13 Å². The van der Waals surface area contributed by atoms with Gasteiger partial charge in [0.1, 0.15) is 17.7 Å². The highest BCUT2D eigenvalue weighted by Crippen LogP contribution is 2.26. The summed E-state index contributed by atoms with van der Waals surface area (Å²) in [5.74, 6) is -0.728. The van der Waals surface area contributed by atoms with Gasteiger partial charge in [-0.15, -0.1) is 10.2 Å². The van der Waals surface area contributed by atoms with E-state index in [2.05, 4.69) is 20.8 Å². The van der Waals surface area contributed by atoms with Crippen LogP contribution in [0.1, 0.15) is 18.1 Å². The van der Waals surface area contributed by atoms with Crippen LogP contribution < -0.4 is 10.6 Å². The Bertz CT molecular complexity index is 958. The zero-order valence-corrected chi connectivity index (χ0v) is 17.0. The second-order valence-electron chi connectivity index (χ2n) is 6.54. The van der Waals surface area contributed by atoms with Crippen molar-refractivity contribution in [3.8, 4) is 10.6 Å². The maximum atomic E-state index is 12.3. The Kier molecular flexibility index (Phi) is 7.04. The molecule has 8 heteroatoms. The number of anilines is 1. The van der Waals surface area contributed by atoms with Crippen molar-refractivity contribution in [1.29, 1.82) is 0 Å². The monoisotopic (exact) mass is 410 g/mol. The van der Waals surface area contributed by atoms with E-state index in [4.69, 9.17) is 4.74 Å². The number of amides is 2. The van der Waals surface area contributed by atoms with Gasteiger partial charge < -0.3 is 10.1 Å². The highest BCUT2D eigenvalue weighted by atomic mass is 32.1. The van der Waals surface area contributed by atoms with Gasteiger partial charge in [-0.3, -0.25) is 14.9 Å². The summed E-state index contributed by atoms with van der Waals surface area (Å²) >= 11 is 1.28. The van der Waals surface area contributed by atoms with E-state index in [1.165, 1.54) is 11.3 Å². The quantitative estimate of drug-likeness (QED) is 0.595. The van der Waals surface area contributed by atoms with Crippen LogP contribution in [0, 0.1) is 6.92 Å². The van der Waals surface area contributed by atoms with Crippen molar-refractivity contribution in [1.82, 2.24) is 15.5 Å². The first-order chi connectivity index (χ1) is 14.0. The molecule has 1 heterocycles. The molecule has 3 aromatic rings. The van der Waals surface area contributed by atoms with Crippen molar-refractivity contribution in [3.63, 3.8) is 0 Å². The summed E-state index contributed by atoms with van der Waals surface area (Å²) in [5, 5.41) is 14.5. The number of rotatable bonds is 8. The van der Waals surface area contributed by atoms with Crippen LogP contribution in [-0.2, 0) is 20.9 Å². The van der Waals surface area contributed by atoms with Gasteiger partial charge in [0.05, 0.1) is 6.61 Å². The predicted molar refractivity (Wildman–Crippen MR) is 112 cm³/mol. The fourth-order valence-corrected chi connectivity index (χ4v) is 3.24. The van der Waals surface area contributed by atoms with Crippen LogP contribution in [0.25, 0.3) is 10.6 Å². The van der Waals surface area contributed by atoms with E-state index in [-0.39, 0.29) is 18.4 Å². The number of benzene rings is 2. The van der Waals surface area contributed by atoms with E-state index in [1.807, 2.05) is 61.5 Å². The first-order valence-corrected chi connectivity index (χ1v) is 9.95. The molecule has 0 radical (unpaired) electrons. The van der Waals surface area contributed by atoms with Gasteiger partial charge in [0.2, 0.25) is 16.9 Å². The van der Waals surface area contributed by atoms with Crippen LogP contribution in [0.2, 0.25) is 0 Å². The predicted octanol–water partition coefficient (Wildman–Crippen LogP) is 3.17. The molecular weight excluding hydrogens is 388 g/mol. The summed E-state index contributed by atoms with van der Waals surface area (Å²) in [6, 6.07) is 16.7. The first kappa shape index (κ1) is 20.6. The topological polar surface area (TPSA) is 93.2 Å². The fourth-order valence-electron chi connectivity index (χ4n) is 2.48. The Morgan fingerprint density at radius 3 is 2.52 bits per heavy atom.